The molecule has 0 aromatic heterocycles. The molecule has 0 radical (unpaired) electrons. The van der Waals surface area contributed by atoms with Gasteiger partial charge >= 0.3 is 0 Å². The molecule has 0 aliphatic carbocycles. The number of amides is 1. The molecule has 184 valence electrons. The van der Waals surface area contributed by atoms with E-state index in [1.807, 2.05) is 12.1 Å². The molecule has 2 aliphatic heterocycles. The van der Waals surface area contributed by atoms with Crippen LogP contribution in [0.3, 0.4) is 0 Å². The molecule has 1 atom stereocenters. The van der Waals surface area contributed by atoms with Crippen LogP contribution >= 0.6 is 10.6 Å². The van der Waals surface area contributed by atoms with Crippen LogP contribution in [0, 0.1) is 6.92 Å². The molecule has 35 heavy (non-hydrogen) atoms. The van der Waals surface area contributed by atoms with E-state index in [-0.39, 0.29) is 32.6 Å². The first-order valence-corrected chi connectivity index (χ1v) is 14.7. The molecule has 9 heteroatoms. The maximum atomic E-state index is 13.6. The summed E-state index contributed by atoms with van der Waals surface area (Å²) in [4.78, 5) is 17.9. The number of hydrogen-bond acceptors (Lipinski definition) is 6. The van der Waals surface area contributed by atoms with Crippen molar-refractivity contribution < 1.29 is 22.3 Å². The molecule has 1 amide bonds. The smallest absolute Gasteiger partial charge is 0.254 e. The van der Waals surface area contributed by atoms with Crippen molar-refractivity contribution in [1.29, 1.82) is 0 Å². The zero-order chi connectivity index (χ0) is 24.8. The lowest BCUT2D eigenvalue weighted by molar-refractivity contribution is 0.0745. The predicted molar refractivity (Wildman–Crippen MR) is 138 cm³/mol. The van der Waals surface area contributed by atoms with Crippen LogP contribution in [-0.2, 0) is 9.84 Å². The summed E-state index contributed by atoms with van der Waals surface area (Å²) in [6.45, 7) is 4.36. The van der Waals surface area contributed by atoms with Crippen LogP contribution in [0.25, 0.3) is 0 Å². The summed E-state index contributed by atoms with van der Waals surface area (Å²) in [5, 5.41) is -1.20. The Morgan fingerprint density at radius 2 is 1.54 bits per heavy atom. The van der Waals surface area contributed by atoms with Gasteiger partial charge < -0.3 is 9.80 Å². The number of carbonyl (C=O) groups excluding carboxylic acids is 1. The highest BCUT2D eigenvalue weighted by Gasteiger charge is 2.45. The number of aryl methyl sites for hydroxylation is 1. The van der Waals surface area contributed by atoms with Gasteiger partial charge in [-0.25, -0.2) is 8.42 Å². The van der Waals surface area contributed by atoms with Crippen LogP contribution in [-0.4, -0.2) is 60.3 Å². The van der Waals surface area contributed by atoms with Crippen molar-refractivity contribution in [2.24, 2.45) is 0 Å². The molecule has 3 aromatic rings. The van der Waals surface area contributed by atoms with Crippen LogP contribution in [0.4, 0.5) is 5.69 Å². The van der Waals surface area contributed by atoms with E-state index in [1.54, 1.807) is 35.2 Å². The van der Waals surface area contributed by atoms with Crippen molar-refractivity contribution in [3.63, 3.8) is 0 Å². The van der Waals surface area contributed by atoms with E-state index in [2.05, 4.69) is 24.0 Å². The highest BCUT2D eigenvalue weighted by molar-refractivity contribution is 8.25. The lowest BCUT2D eigenvalue weighted by Gasteiger charge is -2.37. The third kappa shape index (κ3) is 4.23. The summed E-state index contributed by atoms with van der Waals surface area (Å²) in [6, 6.07) is 20.8. The Balaban J connectivity index is 1.46. The second-order valence-electron chi connectivity index (χ2n) is 8.96. The van der Waals surface area contributed by atoms with Crippen molar-refractivity contribution in [2.75, 3.05) is 36.8 Å². The third-order valence-corrected chi connectivity index (χ3v) is 11.0. The van der Waals surface area contributed by atoms with Crippen molar-refractivity contribution in [3.05, 3.63) is 89.5 Å². The Bertz CT molecular complexity index is 1370. The van der Waals surface area contributed by atoms with E-state index in [4.69, 9.17) is 0 Å². The van der Waals surface area contributed by atoms with Gasteiger partial charge in [0.2, 0.25) is 0 Å². The molecule has 5 rings (SSSR count). The van der Waals surface area contributed by atoms with Gasteiger partial charge in [0.05, 0.1) is 15.5 Å². The number of hydrogen-bond donors (Lipinski definition) is 2. The first-order valence-electron chi connectivity index (χ1n) is 11.5. The molecule has 0 saturated carbocycles. The summed E-state index contributed by atoms with van der Waals surface area (Å²) in [6.07, 6.45) is 0. The largest absolute Gasteiger partial charge is 0.368 e. The van der Waals surface area contributed by atoms with Crippen LogP contribution in [0.1, 0.15) is 26.7 Å². The number of anilines is 1. The average molecular weight is 513 g/mol. The summed E-state index contributed by atoms with van der Waals surface area (Å²) in [5.41, 5.74) is 2.77. The first-order chi connectivity index (χ1) is 16.7. The molecule has 2 heterocycles. The third-order valence-electron chi connectivity index (χ3n) is 6.82. The molecule has 3 aromatic carbocycles. The Morgan fingerprint density at radius 1 is 0.886 bits per heavy atom. The molecule has 1 unspecified atom stereocenters. The van der Waals surface area contributed by atoms with Crippen molar-refractivity contribution in [3.8, 4) is 0 Å². The van der Waals surface area contributed by atoms with Crippen LogP contribution in [0.5, 0.6) is 0 Å². The van der Waals surface area contributed by atoms with Gasteiger partial charge in [-0.3, -0.25) is 13.9 Å². The Hall–Kier alpha value is -2.85. The summed E-state index contributed by atoms with van der Waals surface area (Å²) in [5.74, 6) is -0.623. The number of rotatable bonds is 4. The minimum Gasteiger partial charge on any atom is -0.368 e. The summed E-state index contributed by atoms with van der Waals surface area (Å²) < 4.78 is 48.6. The zero-order valence-electron chi connectivity index (χ0n) is 19.4. The van der Waals surface area contributed by atoms with Crippen LogP contribution < -0.4 is 4.90 Å². The number of carbonyl (C=O) groups is 1. The van der Waals surface area contributed by atoms with Gasteiger partial charge in [0.1, 0.15) is 5.25 Å². The average Bonchev–Trinajstić information content (AvgIpc) is 3.16. The van der Waals surface area contributed by atoms with E-state index in [1.165, 1.54) is 23.8 Å². The number of nitrogens with zero attached hydrogens (tertiary/aromatic N) is 2. The fraction of sp³-hybridized carbons (Fsp3) is 0.269. The molecule has 0 spiro atoms. The number of fused-ring (bicyclic) bond motifs is 1. The van der Waals surface area contributed by atoms with Crippen molar-refractivity contribution >= 4 is 32.0 Å². The fourth-order valence-corrected chi connectivity index (χ4v) is 9.45. The standard InChI is InChI=1S/C26H28N2O5S2/c1-19-8-5-6-12-22(19)27-14-16-28(17-15-27)26(29)21-11-7-13-23-25(21)24(18-34(23,30)31)35(32,33)20-9-3-2-4-10-20/h2-13,24,30-31H,14-18H2,1H3. The Labute approximate surface area is 207 Å². The molecule has 0 bridgehead atoms. The molecule has 2 N–H and O–H groups in total. The molecule has 7 nitrogen and oxygen atoms in total. The van der Waals surface area contributed by atoms with Gasteiger partial charge in [-0.1, -0.05) is 42.5 Å². The molecular weight excluding hydrogens is 484 g/mol. The van der Waals surface area contributed by atoms with Gasteiger partial charge in [-0.15, -0.1) is 0 Å². The normalized spacial score (nSPS) is 20.4. The Morgan fingerprint density at radius 3 is 2.23 bits per heavy atom. The minimum absolute atomic E-state index is 0.0992. The monoisotopic (exact) mass is 512 g/mol. The topological polar surface area (TPSA) is 98.2 Å². The lowest BCUT2D eigenvalue weighted by Crippen LogP contribution is -2.49. The number of sulfone groups is 1. The molecule has 2 aliphatic rings. The minimum atomic E-state index is -3.94. The Kier molecular flexibility index (Phi) is 6.13. The second kappa shape index (κ2) is 8.98. The molecular formula is C26H28N2O5S2. The quantitative estimate of drug-likeness (QED) is 0.530. The number of benzene rings is 3. The van der Waals surface area contributed by atoms with Gasteiger partial charge in [0.25, 0.3) is 5.91 Å². The highest BCUT2D eigenvalue weighted by Crippen LogP contribution is 2.62. The van der Waals surface area contributed by atoms with Crippen molar-refractivity contribution in [1.82, 2.24) is 4.90 Å². The lowest BCUT2D eigenvalue weighted by atomic mass is 10.0. The van der Waals surface area contributed by atoms with Gasteiger partial charge in [-0.2, -0.15) is 10.6 Å². The van der Waals surface area contributed by atoms with E-state index in [0.29, 0.717) is 26.2 Å². The first kappa shape index (κ1) is 23.9. The highest BCUT2D eigenvalue weighted by atomic mass is 32.3. The van der Waals surface area contributed by atoms with Crippen LogP contribution in [0.2, 0.25) is 0 Å². The zero-order valence-corrected chi connectivity index (χ0v) is 21.0. The van der Waals surface area contributed by atoms with Crippen molar-refractivity contribution in [2.45, 2.75) is 22.0 Å². The number of piperazine rings is 1. The second-order valence-corrected chi connectivity index (χ2v) is 13.2. The number of para-hydroxylation sites is 1. The maximum absolute atomic E-state index is 13.6. The van der Waals surface area contributed by atoms with Crippen LogP contribution in [0.15, 0.2) is 82.6 Å². The summed E-state index contributed by atoms with van der Waals surface area (Å²) >= 11 is 0. The van der Waals surface area contributed by atoms with Gasteiger partial charge in [0.15, 0.2) is 9.84 Å². The van der Waals surface area contributed by atoms with E-state index < -0.39 is 25.7 Å². The SMILES string of the molecule is Cc1ccccc1N1CCN(C(=O)c2cccc3c2C(S(=O)(=O)c2ccccc2)CS3(O)O)CC1. The van der Waals surface area contributed by atoms with Gasteiger partial charge in [-0.05, 0) is 42.8 Å². The maximum Gasteiger partial charge on any atom is 0.254 e. The van der Waals surface area contributed by atoms with E-state index in [0.717, 1.165) is 5.69 Å². The molecule has 1 fully saturated rings. The van der Waals surface area contributed by atoms with E-state index in [9.17, 15) is 22.3 Å². The fourth-order valence-electron chi connectivity index (χ4n) is 4.99. The predicted octanol–water partition coefficient (Wildman–Crippen LogP) is 4.60. The summed E-state index contributed by atoms with van der Waals surface area (Å²) in [7, 11) is -7.28. The molecule has 1 saturated heterocycles. The van der Waals surface area contributed by atoms with Gasteiger partial charge in [0, 0.05) is 43.0 Å². The van der Waals surface area contributed by atoms with E-state index >= 15 is 0 Å².